The molecule has 1 saturated heterocycles. The molecule has 30 heavy (non-hydrogen) atoms. The van der Waals surface area contributed by atoms with Gasteiger partial charge in [-0.1, -0.05) is 44.2 Å². The summed E-state index contributed by atoms with van der Waals surface area (Å²) in [5.74, 6) is 3.33. The van der Waals surface area contributed by atoms with Crippen LogP contribution in [0.4, 0.5) is 0 Å². The van der Waals surface area contributed by atoms with Crippen LogP contribution in [0.5, 0.6) is 0 Å². The highest BCUT2D eigenvalue weighted by atomic mass is 127. The number of aryl methyl sites for hydroxylation is 1. The average molecular weight is 525 g/mol. The molecular weight excluding hydrogens is 489 g/mol. The number of aromatic nitrogens is 3. The standard InChI is InChI=1S/C22H35N7.HI/c1-17(2)16-29-12-8-11-20(29)14-24-22(23-13-19-9-6-5-7-10-19)25-15-21-27-26-18(3)28(21)4;/h5-7,9-10,17,20H,8,11-16H2,1-4H3,(H2,23,24,25);1H/t20-;/m1./s1. The van der Waals surface area contributed by atoms with Gasteiger partial charge in [-0.3, -0.25) is 4.90 Å². The first-order valence-electron chi connectivity index (χ1n) is 10.7. The summed E-state index contributed by atoms with van der Waals surface area (Å²) in [5.41, 5.74) is 1.20. The molecule has 1 atom stereocenters. The number of nitrogens with one attached hydrogen (secondary N) is 2. The van der Waals surface area contributed by atoms with Crippen molar-refractivity contribution in [3.63, 3.8) is 0 Å². The molecule has 1 aromatic heterocycles. The van der Waals surface area contributed by atoms with Crippen molar-refractivity contribution in [2.75, 3.05) is 19.6 Å². The second-order valence-electron chi connectivity index (χ2n) is 8.29. The van der Waals surface area contributed by atoms with Gasteiger partial charge in [0.2, 0.25) is 0 Å². The van der Waals surface area contributed by atoms with Crippen LogP contribution >= 0.6 is 24.0 Å². The zero-order valence-electron chi connectivity index (χ0n) is 18.6. The number of guanidine groups is 1. The van der Waals surface area contributed by atoms with Crippen molar-refractivity contribution in [1.29, 1.82) is 0 Å². The third kappa shape index (κ3) is 7.23. The van der Waals surface area contributed by atoms with Gasteiger partial charge in [-0.05, 0) is 37.8 Å². The first-order chi connectivity index (χ1) is 14.0. The fourth-order valence-corrected chi connectivity index (χ4v) is 3.75. The second-order valence-corrected chi connectivity index (χ2v) is 8.29. The summed E-state index contributed by atoms with van der Waals surface area (Å²) in [5, 5.41) is 15.4. The number of nitrogens with zero attached hydrogens (tertiary/aromatic N) is 5. The van der Waals surface area contributed by atoms with E-state index in [4.69, 9.17) is 4.99 Å². The number of halogens is 1. The third-order valence-corrected chi connectivity index (χ3v) is 5.46. The van der Waals surface area contributed by atoms with Gasteiger partial charge >= 0.3 is 0 Å². The lowest BCUT2D eigenvalue weighted by atomic mass is 10.1. The van der Waals surface area contributed by atoms with Crippen LogP contribution in [0.1, 0.15) is 43.9 Å². The number of hydrogen-bond donors (Lipinski definition) is 2. The Morgan fingerprint density at radius 1 is 1.20 bits per heavy atom. The van der Waals surface area contributed by atoms with E-state index in [2.05, 4.69) is 63.8 Å². The Kier molecular flexibility index (Phi) is 10.0. The van der Waals surface area contributed by atoms with Gasteiger partial charge in [-0.15, -0.1) is 34.2 Å². The van der Waals surface area contributed by atoms with Crippen molar-refractivity contribution in [1.82, 2.24) is 30.3 Å². The highest BCUT2D eigenvalue weighted by molar-refractivity contribution is 14.0. The molecular formula is C22H36IN7. The summed E-state index contributed by atoms with van der Waals surface area (Å²) >= 11 is 0. The number of benzene rings is 1. The van der Waals surface area contributed by atoms with E-state index in [1.807, 2.05) is 24.6 Å². The minimum atomic E-state index is 0. The number of likely N-dealkylation sites (tertiary alicyclic amines) is 1. The van der Waals surface area contributed by atoms with Crippen LogP contribution in [0.15, 0.2) is 35.3 Å². The number of hydrogen-bond acceptors (Lipinski definition) is 4. The number of aliphatic imine (C=N–C) groups is 1. The maximum absolute atomic E-state index is 4.81. The predicted octanol–water partition coefficient (Wildman–Crippen LogP) is 3.10. The van der Waals surface area contributed by atoms with Crippen LogP contribution in [0.2, 0.25) is 0 Å². The Hall–Kier alpha value is -1.68. The Bertz CT molecular complexity index is 788. The monoisotopic (exact) mass is 525 g/mol. The van der Waals surface area contributed by atoms with Crippen LogP contribution in [0, 0.1) is 12.8 Å². The maximum atomic E-state index is 4.81. The third-order valence-electron chi connectivity index (χ3n) is 5.46. The molecule has 8 heteroatoms. The van der Waals surface area contributed by atoms with Gasteiger partial charge < -0.3 is 15.2 Å². The van der Waals surface area contributed by atoms with Crippen molar-refractivity contribution < 1.29 is 0 Å². The highest BCUT2D eigenvalue weighted by Gasteiger charge is 2.24. The molecule has 2 aromatic rings. The smallest absolute Gasteiger partial charge is 0.192 e. The quantitative estimate of drug-likeness (QED) is 0.315. The van der Waals surface area contributed by atoms with Gasteiger partial charge in [0, 0.05) is 26.2 Å². The lowest BCUT2D eigenvalue weighted by Crippen LogP contribution is -2.45. The highest BCUT2D eigenvalue weighted by Crippen LogP contribution is 2.18. The van der Waals surface area contributed by atoms with Crippen molar-refractivity contribution in [3.05, 3.63) is 47.5 Å². The van der Waals surface area contributed by atoms with E-state index in [-0.39, 0.29) is 24.0 Å². The summed E-state index contributed by atoms with van der Waals surface area (Å²) in [6, 6.07) is 10.9. The summed E-state index contributed by atoms with van der Waals surface area (Å²) in [6.45, 7) is 11.1. The first-order valence-corrected chi connectivity index (χ1v) is 10.7. The zero-order chi connectivity index (χ0) is 20.6. The summed E-state index contributed by atoms with van der Waals surface area (Å²) in [4.78, 5) is 7.42. The van der Waals surface area contributed by atoms with E-state index >= 15 is 0 Å². The largest absolute Gasteiger partial charge is 0.355 e. The van der Waals surface area contributed by atoms with Crippen LogP contribution in [0.3, 0.4) is 0 Å². The van der Waals surface area contributed by atoms with Crippen LogP contribution in [-0.2, 0) is 20.1 Å². The molecule has 0 unspecified atom stereocenters. The lowest BCUT2D eigenvalue weighted by molar-refractivity contribution is 0.226. The Balaban J connectivity index is 0.00000320. The van der Waals surface area contributed by atoms with E-state index in [0.29, 0.717) is 25.0 Å². The summed E-state index contributed by atoms with van der Waals surface area (Å²) in [6.07, 6.45) is 2.52. The van der Waals surface area contributed by atoms with Gasteiger partial charge in [0.15, 0.2) is 11.8 Å². The maximum Gasteiger partial charge on any atom is 0.192 e. The second kappa shape index (κ2) is 12.2. The number of rotatable bonds is 8. The Morgan fingerprint density at radius 3 is 2.63 bits per heavy atom. The fourth-order valence-electron chi connectivity index (χ4n) is 3.75. The van der Waals surface area contributed by atoms with Crippen LogP contribution in [-0.4, -0.2) is 51.3 Å². The van der Waals surface area contributed by atoms with Gasteiger partial charge in [0.05, 0.1) is 13.1 Å². The molecule has 0 bridgehead atoms. The molecule has 1 aromatic carbocycles. The minimum absolute atomic E-state index is 0. The molecule has 2 N–H and O–H groups in total. The predicted molar refractivity (Wildman–Crippen MR) is 133 cm³/mol. The molecule has 0 amide bonds. The van der Waals surface area contributed by atoms with Crippen molar-refractivity contribution in [2.24, 2.45) is 18.0 Å². The fraction of sp³-hybridized carbons (Fsp3) is 0.591. The topological polar surface area (TPSA) is 70.4 Å². The van der Waals surface area contributed by atoms with Gasteiger partial charge in [-0.2, -0.15) is 0 Å². The lowest BCUT2D eigenvalue weighted by Gasteiger charge is -2.27. The summed E-state index contributed by atoms with van der Waals surface area (Å²) < 4.78 is 2.00. The molecule has 1 aliphatic heterocycles. The van der Waals surface area contributed by atoms with Crippen LogP contribution in [0.25, 0.3) is 0 Å². The molecule has 1 aliphatic rings. The van der Waals surface area contributed by atoms with E-state index < -0.39 is 0 Å². The molecule has 0 spiro atoms. The molecule has 7 nitrogen and oxygen atoms in total. The molecule has 3 rings (SSSR count). The summed E-state index contributed by atoms with van der Waals surface area (Å²) in [7, 11) is 1.99. The zero-order valence-corrected chi connectivity index (χ0v) is 21.0. The van der Waals surface area contributed by atoms with Gasteiger partial charge in [0.1, 0.15) is 5.82 Å². The molecule has 2 heterocycles. The van der Waals surface area contributed by atoms with Crippen LogP contribution < -0.4 is 10.6 Å². The molecule has 0 saturated carbocycles. The van der Waals surface area contributed by atoms with E-state index in [1.165, 1.54) is 24.9 Å². The van der Waals surface area contributed by atoms with E-state index in [0.717, 1.165) is 30.7 Å². The Morgan fingerprint density at radius 2 is 1.97 bits per heavy atom. The first kappa shape index (κ1) is 24.6. The minimum Gasteiger partial charge on any atom is -0.355 e. The molecule has 166 valence electrons. The Labute approximate surface area is 197 Å². The molecule has 0 aliphatic carbocycles. The van der Waals surface area contributed by atoms with E-state index in [1.54, 1.807) is 0 Å². The van der Waals surface area contributed by atoms with E-state index in [9.17, 15) is 0 Å². The normalized spacial score (nSPS) is 17.2. The van der Waals surface area contributed by atoms with Crippen molar-refractivity contribution in [3.8, 4) is 0 Å². The van der Waals surface area contributed by atoms with Gasteiger partial charge in [0.25, 0.3) is 0 Å². The van der Waals surface area contributed by atoms with Crippen molar-refractivity contribution >= 4 is 29.9 Å². The SMILES string of the molecule is Cc1nnc(CNC(=NCc2ccccc2)NC[C@H]2CCCN2CC(C)C)n1C.I. The van der Waals surface area contributed by atoms with Crippen molar-refractivity contribution in [2.45, 2.75) is 52.7 Å². The average Bonchev–Trinajstić information content (AvgIpc) is 3.28. The molecule has 0 radical (unpaired) electrons. The van der Waals surface area contributed by atoms with Gasteiger partial charge in [-0.25, -0.2) is 4.99 Å². The molecule has 1 fully saturated rings.